The van der Waals surface area contributed by atoms with E-state index >= 15 is 0 Å². The molecular weight excluding hydrogens is 280 g/mol. The van der Waals surface area contributed by atoms with Crippen LogP contribution in [0.25, 0.3) is 0 Å². The monoisotopic (exact) mass is 306 g/mol. The molecule has 0 unspecified atom stereocenters. The first-order valence-corrected chi connectivity index (χ1v) is 7.97. The highest BCUT2D eigenvalue weighted by Crippen LogP contribution is 2.17. The summed E-state index contributed by atoms with van der Waals surface area (Å²) in [4.78, 5) is 13.7. The van der Waals surface area contributed by atoms with Gasteiger partial charge in [0.2, 0.25) is 5.91 Å². The Morgan fingerprint density at radius 3 is 2.91 bits per heavy atom. The highest BCUT2D eigenvalue weighted by Gasteiger charge is 2.11. The number of nitrogens with zero attached hydrogens (tertiary/aromatic N) is 1. The van der Waals surface area contributed by atoms with Crippen LogP contribution < -0.4 is 10.1 Å². The molecule has 5 heteroatoms. The van der Waals surface area contributed by atoms with Crippen LogP contribution >= 0.6 is 0 Å². The highest BCUT2D eigenvalue weighted by molar-refractivity contribution is 5.77. The van der Waals surface area contributed by atoms with E-state index in [0.717, 1.165) is 18.7 Å². The number of carbonyl (C=O) groups excluding carboxylic acids is 1. The minimum atomic E-state index is -0.0879. The fourth-order valence-corrected chi connectivity index (χ4v) is 2.60. The summed E-state index contributed by atoms with van der Waals surface area (Å²) < 4.78 is 10.5. The second-order valence-electron chi connectivity index (χ2n) is 5.62. The zero-order chi connectivity index (χ0) is 15.6. The van der Waals surface area contributed by atoms with Crippen molar-refractivity contribution in [3.05, 3.63) is 29.8 Å². The average molecular weight is 306 g/mol. The summed E-state index contributed by atoms with van der Waals surface area (Å²) >= 11 is 0. The van der Waals surface area contributed by atoms with Gasteiger partial charge in [-0.1, -0.05) is 12.1 Å². The molecule has 1 aromatic carbocycles. The lowest BCUT2D eigenvalue weighted by Gasteiger charge is -2.15. The second kappa shape index (κ2) is 9.43. The zero-order valence-corrected chi connectivity index (χ0v) is 13.3. The molecule has 1 N–H and O–H groups in total. The van der Waals surface area contributed by atoms with Crippen molar-refractivity contribution in [2.75, 3.05) is 40.0 Å². The van der Waals surface area contributed by atoms with Crippen molar-refractivity contribution in [1.82, 2.24) is 10.2 Å². The van der Waals surface area contributed by atoms with Gasteiger partial charge in [0.15, 0.2) is 0 Å². The van der Waals surface area contributed by atoms with Crippen molar-refractivity contribution in [1.29, 1.82) is 0 Å². The Kier molecular flexibility index (Phi) is 7.19. The molecule has 22 heavy (non-hydrogen) atoms. The van der Waals surface area contributed by atoms with E-state index in [4.69, 9.17) is 9.47 Å². The Hall–Kier alpha value is -1.59. The van der Waals surface area contributed by atoms with E-state index in [-0.39, 0.29) is 12.5 Å². The van der Waals surface area contributed by atoms with Gasteiger partial charge < -0.3 is 14.8 Å². The van der Waals surface area contributed by atoms with Crippen LogP contribution in [0.4, 0.5) is 0 Å². The van der Waals surface area contributed by atoms with Crippen LogP contribution in [-0.2, 0) is 16.1 Å². The average Bonchev–Trinajstić information content (AvgIpc) is 3.00. The van der Waals surface area contributed by atoms with Crippen molar-refractivity contribution < 1.29 is 14.3 Å². The van der Waals surface area contributed by atoms with E-state index in [9.17, 15) is 4.79 Å². The van der Waals surface area contributed by atoms with Crippen LogP contribution in [0.15, 0.2) is 24.3 Å². The maximum Gasteiger partial charge on any atom is 0.245 e. The first-order valence-electron chi connectivity index (χ1n) is 7.97. The molecule has 1 saturated heterocycles. The van der Waals surface area contributed by atoms with Crippen molar-refractivity contribution >= 4 is 5.91 Å². The topological polar surface area (TPSA) is 50.8 Å². The molecule has 0 radical (unpaired) electrons. The van der Waals surface area contributed by atoms with Gasteiger partial charge in [0.05, 0.1) is 6.61 Å². The maximum atomic E-state index is 11.2. The quantitative estimate of drug-likeness (QED) is 0.707. The number of rotatable bonds is 9. The second-order valence-corrected chi connectivity index (χ2v) is 5.62. The molecule has 1 aromatic rings. The zero-order valence-electron chi connectivity index (χ0n) is 13.3. The molecule has 5 nitrogen and oxygen atoms in total. The number of likely N-dealkylation sites (tertiary alicyclic amines) is 1. The molecule has 0 spiro atoms. The summed E-state index contributed by atoms with van der Waals surface area (Å²) in [5.41, 5.74) is 1.30. The molecule has 122 valence electrons. The SMILES string of the molecule is COCC(=O)NCCCOc1cccc(CN2CCCC2)c1. The van der Waals surface area contributed by atoms with E-state index in [0.29, 0.717) is 13.2 Å². The number of ether oxygens (including phenoxy) is 2. The summed E-state index contributed by atoms with van der Waals surface area (Å²) in [7, 11) is 1.51. The number of hydrogen-bond donors (Lipinski definition) is 1. The van der Waals surface area contributed by atoms with Gasteiger partial charge in [-0.2, -0.15) is 0 Å². The predicted molar refractivity (Wildman–Crippen MR) is 86.0 cm³/mol. The van der Waals surface area contributed by atoms with Crippen LogP contribution in [0.5, 0.6) is 5.75 Å². The Morgan fingerprint density at radius 2 is 2.14 bits per heavy atom. The first-order chi connectivity index (χ1) is 10.8. The molecule has 0 aromatic heterocycles. The fraction of sp³-hybridized carbons (Fsp3) is 0.588. The summed E-state index contributed by atoms with van der Waals surface area (Å²) in [5.74, 6) is 0.815. The third-order valence-electron chi connectivity index (χ3n) is 3.69. The Morgan fingerprint density at radius 1 is 1.32 bits per heavy atom. The van der Waals surface area contributed by atoms with Crippen LogP contribution in [0.2, 0.25) is 0 Å². The van der Waals surface area contributed by atoms with Crippen LogP contribution in [0, 0.1) is 0 Å². The number of nitrogens with one attached hydrogen (secondary N) is 1. The van der Waals surface area contributed by atoms with Gasteiger partial charge in [0, 0.05) is 20.2 Å². The number of carbonyl (C=O) groups is 1. The summed E-state index contributed by atoms with van der Waals surface area (Å²) in [6, 6.07) is 8.29. The summed E-state index contributed by atoms with van der Waals surface area (Å²) in [5, 5.41) is 2.78. The smallest absolute Gasteiger partial charge is 0.245 e. The normalized spacial score (nSPS) is 15.0. The molecule has 2 rings (SSSR count). The van der Waals surface area contributed by atoms with Gasteiger partial charge in [0.1, 0.15) is 12.4 Å². The van der Waals surface area contributed by atoms with Crippen molar-refractivity contribution in [3.63, 3.8) is 0 Å². The van der Waals surface area contributed by atoms with Crippen molar-refractivity contribution in [3.8, 4) is 5.75 Å². The number of amides is 1. The largest absolute Gasteiger partial charge is 0.494 e. The third kappa shape index (κ3) is 6.03. The maximum absolute atomic E-state index is 11.2. The molecule has 1 fully saturated rings. The number of methoxy groups -OCH3 is 1. The standard InChI is InChI=1S/C17H26N2O3/c1-21-14-17(20)18-8-5-11-22-16-7-4-6-15(12-16)13-19-9-2-3-10-19/h4,6-7,12H,2-3,5,8-11,13-14H2,1H3,(H,18,20). The lowest BCUT2D eigenvalue weighted by atomic mass is 10.2. The van der Waals surface area contributed by atoms with E-state index in [1.54, 1.807) is 0 Å². The fourth-order valence-electron chi connectivity index (χ4n) is 2.60. The molecule has 1 amide bonds. The highest BCUT2D eigenvalue weighted by atomic mass is 16.5. The molecule has 1 aliphatic heterocycles. The molecular formula is C17H26N2O3. The van der Waals surface area contributed by atoms with Gasteiger partial charge in [-0.05, 0) is 50.0 Å². The van der Waals surface area contributed by atoms with E-state index in [1.165, 1.54) is 38.6 Å². The van der Waals surface area contributed by atoms with E-state index in [2.05, 4.69) is 22.3 Å². The summed E-state index contributed by atoms with van der Waals surface area (Å²) in [6.07, 6.45) is 3.40. The number of hydrogen-bond acceptors (Lipinski definition) is 4. The lowest BCUT2D eigenvalue weighted by molar-refractivity contribution is -0.124. The van der Waals surface area contributed by atoms with Gasteiger partial charge in [0.25, 0.3) is 0 Å². The van der Waals surface area contributed by atoms with Crippen LogP contribution in [0.1, 0.15) is 24.8 Å². The van der Waals surface area contributed by atoms with E-state index < -0.39 is 0 Å². The van der Waals surface area contributed by atoms with Crippen molar-refractivity contribution in [2.24, 2.45) is 0 Å². The Balaban J connectivity index is 1.66. The molecule has 1 aliphatic rings. The first kappa shape index (κ1) is 16.8. The van der Waals surface area contributed by atoms with Crippen LogP contribution in [0.3, 0.4) is 0 Å². The van der Waals surface area contributed by atoms with Crippen LogP contribution in [-0.4, -0.2) is 50.8 Å². The minimum absolute atomic E-state index is 0.0879. The number of benzene rings is 1. The van der Waals surface area contributed by atoms with Gasteiger partial charge in [-0.25, -0.2) is 0 Å². The van der Waals surface area contributed by atoms with E-state index in [1.807, 2.05) is 12.1 Å². The minimum Gasteiger partial charge on any atom is -0.494 e. The van der Waals surface area contributed by atoms with Gasteiger partial charge in [-0.15, -0.1) is 0 Å². The Bertz CT molecular complexity index is 459. The molecule has 0 aliphatic carbocycles. The lowest BCUT2D eigenvalue weighted by Crippen LogP contribution is -2.28. The molecule has 0 atom stereocenters. The Labute approximate surface area is 132 Å². The molecule has 0 bridgehead atoms. The van der Waals surface area contributed by atoms with Crippen molar-refractivity contribution in [2.45, 2.75) is 25.8 Å². The van der Waals surface area contributed by atoms with Gasteiger partial charge >= 0.3 is 0 Å². The third-order valence-corrected chi connectivity index (χ3v) is 3.69. The molecule has 0 saturated carbocycles. The molecule has 1 heterocycles. The summed E-state index contributed by atoms with van der Waals surface area (Å²) in [6.45, 7) is 4.72. The predicted octanol–water partition coefficient (Wildman–Crippen LogP) is 1.81. The van der Waals surface area contributed by atoms with Gasteiger partial charge in [-0.3, -0.25) is 9.69 Å².